The monoisotopic (exact) mass is 466 g/mol. The first-order valence-electron chi connectivity index (χ1n) is 10.1. The summed E-state index contributed by atoms with van der Waals surface area (Å²) < 4.78 is 1.24. The van der Waals surface area contributed by atoms with Gasteiger partial charge in [0.05, 0.1) is 8.89 Å². The molecule has 32 heavy (non-hydrogen) atoms. The summed E-state index contributed by atoms with van der Waals surface area (Å²) in [7, 11) is 0. The fourth-order valence-electron chi connectivity index (χ4n) is 4.05. The molecule has 0 radical (unpaired) electrons. The highest BCUT2D eigenvalue weighted by molar-refractivity contribution is 7.41. The zero-order valence-electron chi connectivity index (χ0n) is 17.8. The van der Waals surface area contributed by atoms with Gasteiger partial charge >= 0.3 is 0 Å². The summed E-state index contributed by atoms with van der Waals surface area (Å²) in [5.74, 6) is 0. The van der Waals surface area contributed by atoms with E-state index >= 15 is 0 Å². The smallest absolute Gasteiger partial charge is 0.131 e. The molecule has 0 aliphatic carbocycles. The molecule has 154 valence electrons. The number of aryl methyl sites for hydroxylation is 3. The van der Waals surface area contributed by atoms with Crippen LogP contribution in [-0.2, 0) is 0 Å². The third kappa shape index (κ3) is 3.27. The molecule has 0 fully saturated rings. The predicted octanol–water partition coefficient (Wildman–Crippen LogP) is 8.87. The van der Waals surface area contributed by atoms with Crippen molar-refractivity contribution in [3.05, 3.63) is 75.7 Å². The van der Waals surface area contributed by atoms with Crippen LogP contribution in [0.4, 0.5) is 0 Å². The van der Waals surface area contributed by atoms with E-state index in [0.717, 1.165) is 10.4 Å². The highest BCUT2D eigenvalue weighted by Gasteiger charge is 2.21. The maximum absolute atomic E-state index is 9.13. The van der Waals surface area contributed by atoms with Crippen molar-refractivity contribution in [2.45, 2.75) is 20.8 Å². The van der Waals surface area contributed by atoms with E-state index in [1.54, 1.807) is 17.4 Å². The van der Waals surface area contributed by atoms with Crippen LogP contribution < -0.4 is 0 Å². The Hall–Kier alpha value is -3.22. The van der Waals surface area contributed by atoms with E-state index in [1.807, 2.05) is 34.8 Å². The van der Waals surface area contributed by atoms with Crippen molar-refractivity contribution >= 4 is 60.3 Å². The predicted molar refractivity (Wildman–Crippen MR) is 139 cm³/mol. The zero-order chi connectivity index (χ0) is 22.4. The van der Waals surface area contributed by atoms with Gasteiger partial charge < -0.3 is 0 Å². The van der Waals surface area contributed by atoms with E-state index in [4.69, 9.17) is 10.5 Å². The summed E-state index contributed by atoms with van der Waals surface area (Å²) in [5, 5.41) is 22.1. The highest BCUT2D eigenvalue weighted by atomic mass is 32.2. The van der Waals surface area contributed by atoms with Crippen LogP contribution in [0.25, 0.3) is 46.4 Å². The number of hydrogen-bond donors (Lipinski definition) is 0. The van der Waals surface area contributed by atoms with Gasteiger partial charge in [-0.2, -0.15) is 10.5 Å². The molecule has 2 aromatic carbocycles. The fourth-order valence-corrected chi connectivity index (χ4v) is 8.35. The van der Waals surface area contributed by atoms with Gasteiger partial charge in [-0.15, -0.1) is 34.0 Å². The molecule has 0 saturated carbocycles. The normalized spacial score (nSPS) is 10.9. The lowest BCUT2D eigenvalue weighted by atomic mass is 10.0. The number of nitriles is 2. The Labute approximate surface area is 198 Å². The Bertz CT molecular complexity index is 1590. The molecule has 3 aromatic heterocycles. The molecule has 0 saturated heterocycles. The van der Waals surface area contributed by atoms with Crippen molar-refractivity contribution in [2.75, 3.05) is 0 Å². The third-order valence-corrected chi connectivity index (χ3v) is 9.77. The largest absolute Gasteiger partial charge is 0.192 e. The Morgan fingerprint density at radius 1 is 0.750 bits per heavy atom. The van der Waals surface area contributed by atoms with Crippen molar-refractivity contribution < 1.29 is 0 Å². The second kappa shape index (κ2) is 8.04. The number of benzene rings is 2. The number of hydrogen-bond acceptors (Lipinski definition) is 5. The van der Waals surface area contributed by atoms with Gasteiger partial charge in [0, 0.05) is 30.8 Å². The van der Waals surface area contributed by atoms with Crippen LogP contribution in [0.15, 0.2) is 54.1 Å². The van der Waals surface area contributed by atoms with E-state index in [9.17, 15) is 0 Å². The lowest BCUT2D eigenvalue weighted by molar-refractivity contribution is 1.47. The minimum Gasteiger partial charge on any atom is -0.192 e. The van der Waals surface area contributed by atoms with Gasteiger partial charge in [-0.25, -0.2) is 0 Å². The second-order valence-electron chi connectivity index (χ2n) is 7.76. The van der Waals surface area contributed by atoms with Gasteiger partial charge in [-0.05, 0) is 43.5 Å². The molecule has 0 aliphatic heterocycles. The van der Waals surface area contributed by atoms with E-state index in [1.165, 1.54) is 51.5 Å². The molecule has 3 heterocycles. The molecular formula is C27H18N2S3. The van der Waals surface area contributed by atoms with Crippen LogP contribution >= 0.6 is 34.0 Å². The molecule has 0 amide bonds. The first kappa shape index (κ1) is 20.7. The van der Waals surface area contributed by atoms with Crippen molar-refractivity contribution in [1.82, 2.24) is 0 Å². The van der Waals surface area contributed by atoms with Crippen LogP contribution in [0.2, 0.25) is 0 Å². The molecule has 5 rings (SSSR count). The summed E-state index contributed by atoms with van der Waals surface area (Å²) in [6.45, 7) is 6.40. The molecule has 0 unspecified atom stereocenters. The Balaban J connectivity index is 1.71. The molecular weight excluding hydrogens is 449 g/mol. The van der Waals surface area contributed by atoms with E-state index in [-0.39, 0.29) is 5.57 Å². The number of nitrogens with zero attached hydrogens (tertiary/aromatic N) is 2. The maximum atomic E-state index is 9.13. The summed E-state index contributed by atoms with van der Waals surface area (Å²) in [5.41, 5.74) is 5.08. The van der Waals surface area contributed by atoms with Gasteiger partial charge in [-0.3, -0.25) is 0 Å². The molecule has 0 atom stereocenters. The van der Waals surface area contributed by atoms with E-state index < -0.39 is 0 Å². The van der Waals surface area contributed by atoms with Crippen LogP contribution in [0.5, 0.6) is 0 Å². The van der Waals surface area contributed by atoms with Crippen LogP contribution in [0, 0.1) is 43.4 Å². The van der Waals surface area contributed by atoms with Gasteiger partial charge in [0.1, 0.15) is 17.7 Å². The zero-order valence-corrected chi connectivity index (χ0v) is 20.3. The SMILES string of the molecule is Cc1ccc(-c2sc(-c3sc4sc(C=C(C#N)C#N)c(C)c4c3C)c3ccccc23)cc1. The summed E-state index contributed by atoms with van der Waals surface area (Å²) in [6.07, 6.45) is 1.71. The standard InChI is InChI=1S/C27H18N2S3/c1-15-8-10-19(11-9-15)25-20-6-4-5-7-21(20)26(31-25)24-17(3)23-16(2)22(30-27(23)32-24)12-18(13-28)14-29/h4-12H,1-3H3. The van der Waals surface area contributed by atoms with Crippen LogP contribution in [0.3, 0.4) is 0 Å². The number of rotatable bonds is 3. The van der Waals surface area contributed by atoms with Gasteiger partial charge in [0.2, 0.25) is 0 Å². The van der Waals surface area contributed by atoms with Crippen molar-refractivity contribution in [1.29, 1.82) is 10.5 Å². The Morgan fingerprint density at radius 3 is 2.03 bits per heavy atom. The Kier molecular flexibility index (Phi) is 5.19. The quantitative estimate of drug-likeness (QED) is 0.249. The van der Waals surface area contributed by atoms with E-state index in [2.05, 4.69) is 69.3 Å². The number of allylic oxidation sites excluding steroid dienone is 1. The Morgan fingerprint density at radius 2 is 1.41 bits per heavy atom. The van der Waals surface area contributed by atoms with Gasteiger partial charge in [0.15, 0.2) is 0 Å². The van der Waals surface area contributed by atoms with Crippen LogP contribution in [0.1, 0.15) is 21.6 Å². The first-order chi connectivity index (χ1) is 15.5. The lowest BCUT2D eigenvalue weighted by Gasteiger charge is -2.00. The maximum Gasteiger partial charge on any atom is 0.131 e. The molecule has 5 aromatic rings. The molecule has 2 nitrogen and oxygen atoms in total. The lowest BCUT2D eigenvalue weighted by Crippen LogP contribution is -1.78. The summed E-state index contributed by atoms with van der Waals surface area (Å²) >= 11 is 5.34. The number of thiophene rings is 3. The van der Waals surface area contributed by atoms with E-state index in [0.29, 0.717) is 0 Å². The first-order valence-corrected chi connectivity index (χ1v) is 12.6. The van der Waals surface area contributed by atoms with Gasteiger partial charge in [0.25, 0.3) is 0 Å². The van der Waals surface area contributed by atoms with Gasteiger partial charge in [-0.1, -0.05) is 54.1 Å². The molecule has 0 N–H and O–H groups in total. The summed E-state index contributed by atoms with van der Waals surface area (Å²) in [4.78, 5) is 4.92. The van der Waals surface area contributed by atoms with Crippen molar-refractivity contribution in [3.63, 3.8) is 0 Å². The molecule has 0 spiro atoms. The average Bonchev–Trinajstić information content (AvgIpc) is 3.44. The molecule has 0 bridgehead atoms. The molecule has 0 aliphatic rings. The topological polar surface area (TPSA) is 47.6 Å². The van der Waals surface area contributed by atoms with Crippen LogP contribution in [-0.4, -0.2) is 0 Å². The average molecular weight is 467 g/mol. The highest BCUT2D eigenvalue weighted by Crippen LogP contribution is 2.51. The number of fused-ring (bicyclic) bond motifs is 2. The van der Waals surface area contributed by atoms with Crippen molar-refractivity contribution in [2.24, 2.45) is 0 Å². The fraction of sp³-hybridized carbons (Fsp3) is 0.111. The molecule has 5 heteroatoms. The second-order valence-corrected chi connectivity index (χ2v) is 11.1. The summed E-state index contributed by atoms with van der Waals surface area (Å²) in [6, 6.07) is 21.4. The van der Waals surface area contributed by atoms with Crippen molar-refractivity contribution in [3.8, 4) is 32.3 Å². The minimum atomic E-state index is 0.145. The third-order valence-electron chi connectivity index (χ3n) is 5.72. The minimum absolute atomic E-state index is 0.145.